The van der Waals surface area contributed by atoms with Crippen LogP contribution >= 0.6 is 11.6 Å². The third-order valence-electron chi connectivity index (χ3n) is 3.57. The molecule has 0 saturated heterocycles. The second kappa shape index (κ2) is 6.64. The normalized spacial score (nSPS) is 13.5. The van der Waals surface area contributed by atoms with Crippen molar-refractivity contribution in [3.8, 4) is 11.1 Å². The maximum atomic E-state index is 14.0. The molecular formula is C17H16ClF2NO2. The summed E-state index contributed by atoms with van der Waals surface area (Å²) in [6.07, 6.45) is -0.0847. The van der Waals surface area contributed by atoms with Gasteiger partial charge in [0.05, 0.1) is 24.1 Å². The van der Waals surface area contributed by atoms with Crippen molar-refractivity contribution >= 4 is 17.6 Å². The number of carbonyl (C=O) groups excluding carboxylic acids is 1. The molecule has 3 nitrogen and oxygen atoms in total. The van der Waals surface area contributed by atoms with Gasteiger partial charge < -0.3 is 10.5 Å². The summed E-state index contributed by atoms with van der Waals surface area (Å²) in [5.41, 5.74) is 6.11. The van der Waals surface area contributed by atoms with Gasteiger partial charge in [-0.2, -0.15) is 0 Å². The van der Waals surface area contributed by atoms with Gasteiger partial charge in [0.25, 0.3) is 0 Å². The number of methoxy groups -OCH3 is 1. The lowest BCUT2D eigenvalue weighted by molar-refractivity contribution is -0.141. The van der Waals surface area contributed by atoms with E-state index in [9.17, 15) is 13.6 Å². The molecule has 0 aliphatic rings. The average Bonchev–Trinajstić information content (AvgIpc) is 2.47. The predicted molar refractivity (Wildman–Crippen MR) is 85.0 cm³/mol. The van der Waals surface area contributed by atoms with Crippen molar-refractivity contribution in [1.82, 2.24) is 0 Å². The van der Waals surface area contributed by atoms with Crippen LogP contribution in [-0.2, 0) is 15.1 Å². The first kappa shape index (κ1) is 17.4. The highest BCUT2D eigenvalue weighted by Crippen LogP contribution is 2.37. The van der Waals surface area contributed by atoms with Gasteiger partial charge in [0, 0.05) is 17.2 Å². The number of carbonyl (C=O) groups is 1. The van der Waals surface area contributed by atoms with Crippen molar-refractivity contribution < 1.29 is 18.3 Å². The van der Waals surface area contributed by atoms with Crippen LogP contribution < -0.4 is 5.73 Å². The van der Waals surface area contributed by atoms with Crippen LogP contribution in [0.2, 0.25) is 5.02 Å². The molecular weight excluding hydrogens is 324 g/mol. The minimum Gasteiger partial charge on any atom is -0.469 e. The monoisotopic (exact) mass is 339 g/mol. The first-order valence-electron chi connectivity index (χ1n) is 6.86. The average molecular weight is 340 g/mol. The van der Waals surface area contributed by atoms with E-state index in [2.05, 4.69) is 4.74 Å². The number of ether oxygens (including phenoxy) is 1. The number of esters is 1. The van der Waals surface area contributed by atoms with Crippen LogP contribution in [0.15, 0.2) is 36.4 Å². The third kappa shape index (κ3) is 3.68. The molecule has 1 atom stereocenters. The Bertz CT molecular complexity index is 747. The molecule has 2 aromatic carbocycles. The van der Waals surface area contributed by atoms with E-state index in [0.717, 1.165) is 12.1 Å². The number of rotatable bonds is 4. The zero-order valence-corrected chi connectivity index (χ0v) is 13.5. The first-order chi connectivity index (χ1) is 10.8. The van der Waals surface area contributed by atoms with Gasteiger partial charge >= 0.3 is 5.97 Å². The minimum absolute atomic E-state index is 0.0847. The standard InChI is InChI=1S/C17H16ClF2NO2/c1-17(21,9-15(22)23-2)13-5-3-4-12(16(13)18)11-7-6-10(19)8-14(11)20/h3-8H,9,21H2,1-2H3/t17-/m0/s1. The van der Waals surface area contributed by atoms with Gasteiger partial charge in [0.1, 0.15) is 11.6 Å². The summed E-state index contributed by atoms with van der Waals surface area (Å²) in [4.78, 5) is 11.5. The summed E-state index contributed by atoms with van der Waals surface area (Å²) in [5.74, 6) is -1.88. The van der Waals surface area contributed by atoms with Crippen LogP contribution in [0.5, 0.6) is 0 Å². The summed E-state index contributed by atoms with van der Waals surface area (Å²) in [6, 6.07) is 8.17. The van der Waals surface area contributed by atoms with Gasteiger partial charge in [-0.3, -0.25) is 4.79 Å². The fraction of sp³-hybridized carbons (Fsp3) is 0.235. The lowest BCUT2D eigenvalue weighted by Crippen LogP contribution is -2.36. The van der Waals surface area contributed by atoms with E-state index < -0.39 is 23.1 Å². The molecule has 0 aromatic heterocycles. The lowest BCUT2D eigenvalue weighted by atomic mass is 9.87. The lowest BCUT2D eigenvalue weighted by Gasteiger charge is -2.26. The summed E-state index contributed by atoms with van der Waals surface area (Å²) in [7, 11) is 1.27. The summed E-state index contributed by atoms with van der Waals surface area (Å²) in [5, 5.41) is 0.215. The molecule has 0 bridgehead atoms. The number of hydrogen-bond donors (Lipinski definition) is 1. The maximum absolute atomic E-state index is 14.0. The number of benzene rings is 2. The SMILES string of the molecule is COC(=O)C[C@](C)(N)c1cccc(-c2ccc(F)cc2F)c1Cl. The molecule has 0 heterocycles. The quantitative estimate of drug-likeness (QED) is 0.856. The van der Waals surface area contributed by atoms with Gasteiger partial charge in [-0.15, -0.1) is 0 Å². The highest BCUT2D eigenvalue weighted by Gasteiger charge is 2.29. The Hall–Kier alpha value is -1.98. The molecule has 0 unspecified atom stereocenters. The number of halogens is 3. The Morgan fingerprint density at radius 2 is 1.96 bits per heavy atom. The first-order valence-corrected chi connectivity index (χ1v) is 7.24. The highest BCUT2D eigenvalue weighted by atomic mass is 35.5. The largest absolute Gasteiger partial charge is 0.469 e. The fourth-order valence-corrected chi connectivity index (χ4v) is 2.80. The minimum atomic E-state index is -1.09. The zero-order valence-electron chi connectivity index (χ0n) is 12.7. The Kier molecular flexibility index (Phi) is 5.02. The van der Waals surface area contributed by atoms with Crippen molar-refractivity contribution in [1.29, 1.82) is 0 Å². The molecule has 23 heavy (non-hydrogen) atoms. The Labute approximate surface area is 138 Å². The van der Waals surface area contributed by atoms with Crippen molar-refractivity contribution in [2.75, 3.05) is 7.11 Å². The molecule has 0 aliphatic carbocycles. The Balaban J connectivity index is 2.52. The van der Waals surface area contributed by atoms with Gasteiger partial charge in [-0.1, -0.05) is 29.8 Å². The van der Waals surface area contributed by atoms with Crippen LogP contribution in [-0.4, -0.2) is 13.1 Å². The molecule has 2 aromatic rings. The highest BCUT2D eigenvalue weighted by molar-refractivity contribution is 6.34. The molecule has 0 saturated carbocycles. The molecule has 0 fully saturated rings. The summed E-state index contributed by atoms with van der Waals surface area (Å²) >= 11 is 6.37. The molecule has 0 aliphatic heterocycles. The van der Waals surface area contributed by atoms with E-state index in [1.54, 1.807) is 25.1 Å². The van der Waals surface area contributed by atoms with Crippen LogP contribution in [0.3, 0.4) is 0 Å². The van der Waals surface area contributed by atoms with Crippen molar-refractivity contribution in [2.45, 2.75) is 18.9 Å². The van der Waals surface area contributed by atoms with E-state index >= 15 is 0 Å². The molecule has 6 heteroatoms. The molecule has 0 amide bonds. The van der Waals surface area contributed by atoms with Crippen molar-refractivity contribution in [3.05, 3.63) is 58.6 Å². The van der Waals surface area contributed by atoms with E-state index in [1.165, 1.54) is 13.2 Å². The van der Waals surface area contributed by atoms with Gasteiger partial charge in [-0.05, 0) is 24.6 Å². The van der Waals surface area contributed by atoms with Crippen molar-refractivity contribution in [2.24, 2.45) is 5.73 Å². The van der Waals surface area contributed by atoms with Gasteiger partial charge in [-0.25, -0.2) is 8.78 Å². The maximum Gasteiger partial charge on any atom is 0.307 e. The van der Waals surface area contributed by atoms with E-state index in [1.807, 2.05) is 0 Å². The Morgan fingerprint density at radius 1 is 1.26 bits per heavy atom. The van der Waals surface area contributed by atoms with Crippen LogP contribution in [0, 0.1) is 11.6 Å². The summed E-state index contributed by atoms with van der Waals surface area (Å²) in [6.45, 7) is 1.63. The summed E-state index contributed by atoms with van der Waals surface area (Å²) < 4.78 is 31.7. The fourth-order valence-electron chi connectivity index (χ4n) is 2.36. The Morgan fingerprint density at radius 3 is 2.57 bits per heavy atom. The van der Waals surface area contributed by atoms with Crippen LogP contribution in [0.4, 0.5) is 8.78 Å². The predicted octanol–water partition coefficient (Wildman–Crippen LogP) is 4.02. The molecule has 2 rings (SSSR count). The molecule has 0 radical (unpaired) electrons. The van der Waals surface area contributed by atoms with Gasteiger partial charge in [0.15, 0.2) is 0 Å². The van der Waals surface area contributed by atoms with Crippen LogP contribution in [0.25, 0.3) is 11.1 Å². The van der Waals surface area contributed by atoms with Gasteiger partial charge in [0.2, 0.25) is 0 Å². The van der Waals surface area contributed by atoms with Crippen LogP contribution in [0.1, 0.15) is 18.9 Å². The molecule has 0 spiro atoms. The second-order valence-corrected chi connectivity index (χ2v) is 5.84. The number of nitrogens with two attached hydrogens (primary N) is 1. The molecule has 2 N–H and O–H groups in total. The van der Waals surface area contributed by atoms with E-state index in [4.69, 9.17) is 17.3 Å². The zero-order chi connectivity index (χ0) is 17.2. The smallest absolute Gasteiger partial charge is 0.307 e. The third-order valence-corrected chi connectivity index (χ3v) is 3.98. The van der Waals surface area contributed by atoms with E-state index in [0.29, 0.717) is 11.1 Å². The molecule has 122 valence electrons. The second-order valence-electron chi connectivity index (χ2n) is 5.46. The van der Waals surface area contributed by atoms with E-state index in [-0.39, 0.29) is 17.0 Å². The van der Waals surface area contributed by atoms with Crippen molar-refractivity contribution in [3.63, 3.8) is 0 Å². The topological polar surface area (TPSA) is 52.3 Å². The number of hydrogen-bond acceptors (Lipinski definition) is 3.